The van der Waals surface area contributed by atoms with Gasteiger partial charge in [0.15, 0.2) is 0 Å². The van der Waals surface area contributed by atoms with Crippen LogP contribution in [0.25, 0.3) is 17.0 Å². The number of hydrogen-bond acceptors (Lipinski definition) is 2. The fraction of sp³-hybridized carbons (Fsp3) is 0.333. The van der Waals surface area contributed by atoms with Crippen molar-refractivity contribution in [2.45, 2.75) is 39.2 Å². The molecule has 1 amide bonds. The molecule has 0 saturated heterocycles. The van der Waals surface area contributed by atoms with Crippen molar-refractivity contribution in [3.05, 3.63) is 48.2 Å². The first-order valence-corrected chi connectivity index (χ1v) is 7.27. The third-order valence-corrected chi connectivity index (χ3v) is 3.03. The maximum absolute atomic E-state index is 11.7. The van der Waals surface area contributed by atoms with E-state index in [0.29, 0.717) is 6.42 Å². The Morgan fingerprint density at radius 3 is 2.76 bits per heavy atom. The number of rotatable bonds is 4. The van der Waals surface area contributed by atoms with Gasteiger partial charge in [-0.3, -0.25) is 9.78 Å². The lowest BCUT2D eigenvalue weighted by Gasteiger charge is -2.20. The van der Waals surface area contributed by atoms with Crippen LogP contribution in [-0.2, 0) is 4.79 Å². The minimum absolute atomic E-state index is 0.0896. The van der Waals surface area contributed by atoms with Gasteiger partial charge in [0.1, 0.15) is 0 Å². The maximum atomic E-state index is 11.7. The lowest BCUT2D eigenvalue weighted by molar-refractivity contribution is -0.122. The monoisotopic (exact) mass is 282 g/mol. The number of hydrogen-bond donors (Lipinski definition) is 1. The van der Waals surface area contributed by atoms with E-state index in [1.807, 2.05) is 57.3 Å². The van der Waals surface area contributed by atoms with E-state index in [-0.39, 0.29) is 11.4 Å². The van der Waals surface area contributed by atoms with Crippen molar-refractivity contribution in [1.82, 2.24) is 10.3 Å². The summed E-state index contributed by atoms with van der Waals surface area (Å²) in [6.45, 7) is 5.97. The van der Waals surface area contributed by atoms with E-state index in [1.54, 1.807) is 0 Å². The second-order valence-electron chi connectivity index (χ2n) is 6.16. The molecule has 2 rings (SSSR count). The molecule has 0 atom stereocenters. The van der Waals surface area contributed by atoms with E-state index in [1.165, 1.54) is 0 Å². The second-order valence-corrected chi connectivity index (χ2v) is 6.16. The van der Waals surface area contributed by atoms with Crippen LogP contribution in [0.15, 0.2) is 42.6 Å². The van der Waals surface area contributed by atoms with E-state index in [2.05, 4.69) is 22.4 Å². The normalized spacial score (nSPS) is 12.0. The molecule has 3 nitrogen and oxygen atoms in total. The van der Waals surface area contributed by atoms with Gasteiger partial charge in [0.05, 0.1) is 5.52 Å². The number of pyridine rings is 1. The van der Waals surface area contributed by atoms with Gasteiger partial charge >= 0.3 is 0 Å². The highest BCUT2D eigenvalue weighted by molar-refractivity contribution is 5.87. The molecule has 0 radical (unpaired) electrons. The predicted molar refractivity (Wildman–Crippen MR) is 87.9 cm³/mol. The van der Waals surface area contributed by atoms with Crippen molar-refractivity contribution >= 4 is 22.9 Å². The molecule has 0 fully saturated rings. The van der Waals surface area contributed by atoms with Crippen LogP contribution >= 0.6 is 0 Å². The topological polar surface area (TPSA) is 42.0 Å². The number of allylic oxidation sites excluding steroid dienone is 1. The number of nitrogens with zero attached hydrogens (tertiary/aromatic N) is 1. The van der Waals surface area contributed by atoms with Gasteiger partial charge in [-0.2, -0.15) is 0 Å². The minimum Gasteiger partial charge on any atom is -0.352 e. The number of fused-ring (bicyclic) bond motifs is 1. The summed E-state index contributed by atoms with van der Waals surface area (Å²) in [6.07, 6.45) is 7.17. The number of para-hydroxylation sites is 1. The van der Waals surface area contributed by atoms with Crippen molar-refractivity contribution < 1.29 is 4.79 Å². The first-order valence-electron chi connectivity index (χ1n) is 7.27. The van der Waals surface area contributed by atoms with E-state index in [9.17, 15) is 4.79 Å². The number of amides is 1. The number of aromatic nitrogens is 1. The average molecular weight is 282 g/mol. The Kier molecular flexibility index (Phi) is 4.73. The second kappa shape index (κ2) is 6.53. The molecule has 21 heavy (non-hydrogen) atoms. The molecule has 1 heterocycles. The maximum Gasteiger partial charge on any atom is 0.220 e. The summed E-state index contributed by atoms with van der Waals surface area (Å²) in [7, 11) is 0. The van der Waals surface area contributed by atoms with Crippen molar-refractivity contribution in [3.8, 4) is 0 Å². The molecule has 0 aliphatic heterocycles. The van der Waals surface area contributed by atoms with Crippen LogP contribution in [0.2, 0.25) is 0 Å². The van der Waals surface area contributed by atoms with Crippen LogP contribution in [0.4, 0.5) is 0 Å². The van der Waals surface area contributed by atoms with Gasteiger partial charge < -0.3 is 5.32 Å². The third-order valence-electron chi connectivity index (χ3n) is 3.03. The van der Waals surface area contributed by atoms with E-state index < -0.39 is 0 Å². The highest BCUT2D eigenvalue weighted by Crippen LogP contribution is 2.17. The molecule has 0 aliphatic rings. The van der Waals surface area contributed by atoms with Gasteiger partial charge in [-0.05, 0) is 44.9 Å². The Balaban J connectivity index is 1.96. The first kappa shape index (κ1) is 15.2. The Labute approximate surface area is 126 Å². The summed E-state index contributed by atoms with van der Waals surface area (Å²) in [5, 5.41) is 4.10. The zero-order valence-electron chi connectivity index (χ0n) is 12.9. The van der Waals surface area contributed by atoms with E-state index >= 15 is 0 Å². The van der Waals surface area contributed by atoms with E-state index in [0.717, 1.165) is 22.9 Å². The number of nitrogens with one attached hydrogen (secondary N) is 1. The molecule has 0 saturated carbocycles. The van der Waals surface area contributed by atoms with Gasteiger partial charge in [0, 0.05) is 23.5 Å². The SMILES string of the molecule is CC(C)(C)NC(=O)CC/C=C/c1ccnc2ccccc12. The molecular weight excluding hydrogens is 260 g/mol. The number of carbonyl (C=O) groups excluding carboxylic acids is 1. The standard InChI is InChI=1S/C18H22N2O/c1-18(2,3)20-17(21)11-7-4-8-14-12-13-19-16-10-6-5-9-15(14)16/h4-6,8-10,12-13H,7,11H2,1-3H3,(H,20,21)/b8-4+. The highest BCUT2D eigenvalue weighted by atomic mass is 16.1. The van der Waals surface area contributed by atoms with Crippen LogP contribution in [0.1, 0.15) is 39.2 Å². The predicted octanol–water partition coefficient (Wildman–Crippen LogP) is 3.94. The quantitative estimate of drug-likeness (QED) is 0.922. The largest absolute Gasteiger partial charge is 0.352 e. The van der Waals surface area contributed by atoms with Crippen LogP contribution < -0.4 is 5.32 Å². The summed E-state index contributed by atoms with van der Waals surface area (Å²) in [5.41, 5.74) is 1.96. The highest BCUT2D eigenvalue weighted by Gasteiger charge is 2.12. The molecule has 1 N–H and O–H groups in total. The fourth-order valence-electron chi connectivity index (χ4n) is 2.17. The summed E-state index contributed by atoms with van der Waals surface area (Å²) >= 11 is 0. The van der Waals surface area contributed by atoms with Gasteiger partial charge in [0.2, 0.25) is 5.91 Å². The Bertz CT molecular complexity index is 648. The van der Waals surface area contributed by atoms with Gasteiger partial charge in [-0.15, -0.1) is 0 Å². The average Bonchev–Trinajstić information content (AvgIpc) is 2.42. The van der Waals surface area contributed by atoms with Crippen LogP contribution in [0.5, 0.6) is 0 Å². The number of carbonyl (C=O) groups is 1. The third kappa shape index (κ3) is 4.71. The summed E-state index contributed by atoms with van der Waals surface area (Å²) in [4.78, 5) is 16.1. The van der Waals surface area contributed by atoms with Crippen molar-refractivity contribution in [1.29, 1.82) is 0 Å². The van der Waals surface area contributed by atoms with Crippen molar-refractivity contribution in [2.24, 2.45) is 0 Å². The first-order chi connectivity index (χ1) is 9.96. The number of benzene rings is 1. The van der Waals surface area contributed by atoms with Gasteiger partial charge in [-0.1, -0.05) is 30.4 Å². The lowest BCUT2D eigenvalue weighted by atomic mass is 10.1. The smallest absolute Gasteiger partial charge is 0.220 e. The molecule has 110 valence electrons. The molecule has 3 heteroatoms. The Morgan fingerprint density at radius 2 is 2.00 bits per heavy atom. The van der Waals surface area contributed by atoms with Gasteiger partial charge in [-0.25, -0.2) is 0 Å². The molecular formula is C18H22N2O. The van der Waals surface area contributed by atoms with E-state index in [4.69, 9.17) is 0 Å². The molecule has 2 aromatic rings. The molecule has 0 spiro atoms. The Morgan fingerprint density at radius 1 is 1.24 bits per heavy atom. The molecule has 1 aromatic carbocycles. The Hall–Kier alpha value is -2.16. The molecule has 0 unspecified atom stereocenters. The molecule has 0 bridgehead atoms. The van der Waals surface area contributed by atoms with Gasteiger partial charge in [0.25, 0.3) is 0 Å². The zero-order valence-corrected chi connectivity index (χ0v) is 12.9. The van der Waals surface area contributed by atoms with Crippen LogP contribution in [-0.4, -0.2) is 16.4 Å². The fourth-order valence-corrected chi connectivity index (χ4v) is 2.17. The van der Waals surface area contributed by atoms with Crippen molar-refractivity contribution in [3.63, 3.8) is 0 Å². The summed E-state index contributed by atoms with van der Waals surface area (Å²) in [5.74, 6) is 0.0896. The van der Waals surface area contributed by atoms with Crippen LogP contribution in [0, 0.1) is 0 Å². The summed E-state index contributed by atoms with van der Waals surface area (Å²) in [6, 6.07) is 10.1. The zero-order chi connectivity index (χ0) is 15.3. The summed E-state index contributed by atoms with van der Waals surface area (Å²) < 4.78 is 0. The van der Waals surface area contributed by atoms with Crippen LogP contribution in [0.3, 0.4) is 0 Å². The lowest BCUT2D eigenvalue weighted by Crippen LogP contribution is -2.40. The van der Waals surface area contributed by atoms with Crippen molar-refractivity contribution in [2.75, 3.05) is 0 Å². The molecule has 0 aliphatic carbocycles. The minimum atomic E-state index is -0.165. The molecule has 1 aromatic heterocycles.